The van der Waals surface area contributed by atoms with Crippen LogP contribution in [0.5, 0.6) is 11.6 Å². The van der Waals surface area contributed by atoms with Gasteiger partial charge >= 0.3 is 0 Å². The van der Waals surface area contributed by atoms with Gasteiger partial charge in [-0.1, -0.05) is 20.8 Å². The third kappa shape index (κ3) is 5.32. The highest BCUT2D eigenvalue weighted by molar-refractivity contribution is 7.21. The van der Waals surface area contributed by atoms with E-state index in [2.05, 4.69) is 43.8 Å². The third-order valence-electron chi connectivity index (χ3n) is 6.46. The molecule has 2 aromatic carbocycles. The van der Waals surface area contributed by atoms with E-state index >= 15 is 0 Å². The van der Waals surface area contributed by atoms with Crippen LogP contribution in [-0.4, -0.2) is 43.1 Å². The van der Waals surface area contributed by atoms with E-state index in [1.165, 1.54) is 17.4 Å². The maximum Gasteiger partial charge on any atom is 0.232 e. The van der Waals surface area contributed by atoms with Gasteiger partial charge in [0.25, 0.3) is 0 Å². The number of thiazole rings is 1. The Kier molecular flexibility index (Phi) is 6.87. The first-order valence-corrected chi connectivity index (χ1v) is 15.3. The molecule has 4 rings (SSSR count). The van der Waals surface area contributed by atoms with Crippen molar-refractivity contribution in [1.82, 2.24) is 15.0 Å². The summed E-state index contributed by atoms with van der Waals surface area (Å²) in [5, 5.41) is 0.852. The lowest BCUT2D eigenvalue weighted by Gasteiger charge is -2.36. The fourth-order valence-corrected chi connectivity index (χ4v) is 5.51. The molecule has 4 aromatic rings. The molecule has 0 saturated carbocycles. The molecule has 6 nitrogen and oxygen atoms in total. The fraction of sp³-hybridized carbons (Fsp3) is 0.423. The molecule has 0 aliphatic heterocycles. The number of hydrogen-bond donors (Lipinski definition) is 0. The van der Waals surface area contributed by atoms with Crippen molar-refractivity contribution in [3.63, 3.8) is 0 Å². The number of nitrogens with zero attached hydrogens (tertiary/aromatic N) is 3. The molecule has 0 fully saturated rings. The van der Waals surface area contributed by atoms with Crippen LogP contribution in [0.2, 0.25) is 18.1 Å². The summed E-state index contributed by atoms with van der Waals surface area (Å²) in [5.74, 6) is 0.221. The Hall–Kier alpha value is -2.62. The summed E-state index contributed by atoms with van der Waals surface area (Å²) >= 11 is 1.47. The Morgan fingerprint density at radius 3 is 2.51 bits per heavy atom. The van der Waals surface area contributed by atoms with Crippen LogP contribution < -0.4 is 9.47 Å². The monoisotopic (exact) mass is 513 g/mol. The van der Waals surface area contributed by atoms with E-state index < -0.39 is 14.1 Å². The molecule has 9 heteroatoms. The number of halogens is 1. The summed E-state index contributed by atoms with van der Waals surface area (Å²) in [6, 6.07) is 7.13. The third-order valence-corrected chi connectivity index (χ3v) is 12.0. The van der Waals surface area contributed by atoms with Crippen molar-refractivity contribution in [3.8, 4) is 22.2 Å². The summed E-state index contributed by atoms with van der Waals surface area (Å²) in [4.78, 5) is 13.7. The van der Waals surface area contributed by atoms with Gasteiger partial charge in [-0.15, -0.1) is 11.3 Å². The summed E-state index contributed by atoms with van der Waals surface area (Å²) in [6.07, 6.45) is 1.31. The quantitative estimate of drug-likeness (QED) is 0.244. The Morgan fingerprint density at radius 2 is 1.83 bits per heavy atom. The van der Waals surface area contributed by atoms with Gasteiger partial charge in [0, 0.05) is 17.7 Å². The topological polar surface area (TPSA) is 66.4 Å². The van der Waals surface area contributed by atoms with Crippen LogP contribution in [0.15, 0.2) is 30.5 Å². The smallest absolute Gasteiger partial charge is 0.232 e. The molecule has 35 heavy (non-hydrogen) atoms. The lowest BCUT2D eigenvalue weighted by Crippen LogP contribution is -2.43. The first-order chi connectivity index (χ1) is 16.4. The van der Waals surface area contributed by atoms with Gasteiger partial charge in [-0.2, -0.15) is 0 Å². The lowest BCUT2D eigenvalue weighted by atomic mass is 10.1. The second-order valence-electron chi connectivity index (χ2n) is 10.4. The van der Waals surface area contributed by atoms with Crippen molar-refractivity contribution >= 4 is 40.9 Å². The molecule has 0 aliphatic rings. The zero-order valence-electron chi connectivity index (χ0n) is 21.5. The molecule has 0 spiro atoms. The fourth-order valence-electron chi connectivity index (χ4n) is 3.44. The van der Waals surface area contributed by atoms with Crippen molar-refractivity contribution < 1.29 is 18.3 Å². The van der Waals surface area contributed by atoms with Crippen LogP contribution in [0.4, 0.5) is 4.39 Å². The Morgan fingerprint density at radius 1 is 1.09 bits per heavy atom. The summed E-state index contributed by atoms with van der Waals surface area (Å²) < 4.78 is 33.2. The number of fused-ring (bicyclic) bond motifs is 2. The van der Waals surface area contributed by atoms with Gasteiger partial charge < -0.3 is 13.9 Å². The molecule has 0 aliphatic carbocycles. The van der Waals surface area contributed by atoms with E-state index in [0.717, 1.165) is 31.9 Å². The maximum atomic E-state index is 14.9. The molecule has 0 radical (unpaired) electrons. The normalized spacial score (nSPS) is 13.4. The largest absolute Gasteiger partial charge is 0.485 e. The molecule has 2 heterocycles. The molecule has 1 atom stereocenters. The minimum atomic E-state index is -1.91. The van der Waals surface area contributed by atoms with Crippen LogP contribution in [0.3, 0.4) is 0 Å². The predicted molar refractivity (Wildman–Crippen MR) is 143 cm³/mol. The van der Waals surface area contributed by atoms with E-state index in [0.29, 0.717) is 18.0 Å². The molecule has 0 saturated heterocycles. The van der Waals surface area contributed by atoms with Gasteiger partial charge in [0.15, 0.2) is 19.9 Å². The molecule has 186 valence electrons. The number of rotatable bonds is 7. The number of aromatic nitrogens is 3. The average molecular weight is 514 g/mol. The van der Waals surface area contributed by atoms with Crippen LogP contribution in [0, 0.1) is 12.7 Å². The highest BCUT2D eigenvalue weighted by Gasteiger charge is 2.37. The molecular weight excluding hydrogens is 481 g/mol. The highest BCUT2D eigenvalue weighted by atomic mass is 32.1. The van der Waals surface area contributed by atoms with E-state index in [4.69, 9.17) is 18.9 Å². The predicted octanol–water partition coefficient (Wildman–Crippen LogP) is 7.15. The standard InChI is InChI=1S/C26H32FN3O3SSi/c1-15-9-17(24-20(10-15)29-23(31-6)13-28-24)25-30-19-11-18(27)21(12-22(19)34-25)33-16(2)14-32-35(7,8)26(3,4)5/h9-13,16H,14H2,1-8H3/t16-/m0/s1. The first-order valence-electron chi connectivity index (χ1n) is 11.6. The van der Waals surface area contributed by atoms with E-state index in [1.807, 2.05) is 26.0 Å². The molecule has 0 N–H and O–H groups in total. The van der Waals surface area contributed by atoms with Gasteiger partial charge in [0.2, 0.25) is 5.88 Å². The van der Waals surface area contributed by atoms with Crippen LogP contribution >= 0.6 is 11.3 Å². The molecule has 0 unspecified atom stereocenters. The maximum absolute atomic E-state index is 14.9. The minimum Gasteiger partial charge on any atom is -0.485 e. The SMILES string of the molecule is COc1cnc2c(-c3nc4cc(F)c(O[C@@H](C)CO[Si](C)(C)C(C)(C)C)cc4s3)cc(C)cc2n1. The molecule has 0 amide bonds. The van der Waals surface area contributed by atoms with Crippen molar-refractivity contribution in [2.45, 2.75) is 58.9 Å². The van der Waals surface area contributed by atoms with E-state index in [-0.39, 0.29) is 16.9 Å². The van der Waals surface area contributed by atoms with Gasteiger partial charge in [-0.3, -0.25) is 0 Å². The van der Waals surface area contributed by atoms with Crippen LogP contribution in [-0.2, 0) is 4.43 Å². The Balaban J connectivity index is 1.62. The average Bonchev–Trinajstić information content (AvgIpc) is 3.18. The van der Waals surface area contributed by atoms with Gasteiger partial charge in [-0.05, 0) is 49.7 Å². The minimum absolute atomic E-state index is 0.103. The number of methoxy groups -OCH3 is 1. The molecular formula is C26H32FN3O3SSi. The van der Waals surface area contributed by atoms with E-state index in [9.17, 15) is 4.39 Å². The van der Waals surface area contributed by atoms with Crippen molar-refractivity contribution in [2.24, 2.45) is 0 Å². The van der Waals surface area contributed by atoms with Crippen molar-refractivity contribution in [3.05, 3.63) is 41.8 Å². The summed E-state index contributed by atoms with van der Waals surface area (Å²) in [5.41, 5.74) is 3.92. The number of benzene rings is 2. The van der Waals surface area contributed by atoms with Gasteiger partial charge in [-0.25, -0.2) is 19.3 Å². The van der Waals surface area contributed by atoms with Crippen molar-refractivity contribution in [1.29, 1.82) is 0 Å². The van der Waals surface area contributed by atoms with E-state index in [1.54, 1.807) is 19.4 Å². The van der Waals surface area contributed by atoms with Gasteiger partial charge in [0.1, 0.15) is 11.1 Å². The number of hydrogen-bond acceptors (Lipinski definition) is 7. The summed E-state index contributed by atoms with van der Waals surface area (Å²) in [7, 11) is -0.346. The highest BCUT2D eigenvalue weighted by Crippen LogP contribution is 2.38. The number of aryl methyl sites for hydroxylation is 1. The molecule has 2 aromatic heterocycles. The van der Waals surface area contributed by atoms with Crippen LogP contribution in [0.25, 0.3) is 31.8 Å². The Labute approximate surface area is 210 Å². The second kappa shape index (κ2) is 9.44. The number of ether oxygens (including phenoxy) is 2. The Bertz CT molecular complexity index is 1380. The van der Waals surface area contributed by atoms with Crippen molar-refractivity contribution in [2.75, 3.05) is 13.7 Å². The zero-order valence-corrected chi connectivity index (χ0v) is 23.3. The second-order valence-corrected chi connectivity index (χ2v) is 16.2. The summed E-state index contributed by atoms with van der Waals surface area (Å²) in [6.45, 7) is 15.3. The van der Waals surface area contributed by atoms with Gasteiger partial charge in [0.05, 0.1) is 41.2 Å². The zero-order chi connectivity index (χ0) is 25.5. The van der Waals surface area contributed by atoms with Crippen LogP contribution in [0.1, 0.15) is 33.3 Å². The molecule has 0 bridgehead atoms. The lowest BCUT2D eigenvalue weighted by molar-refractivity contribution is 0.130. The first kappa shape index (κ1) is 25.5.